The number of carbonyl (C=O) groups excluding carboxylic acids is 3. The Kier molecular flexibility index (Phi) is 5.73. The Balaban J connectivity index is 2.00. The molecule has 124 valence electrons. The number of rotatable bonds is 4. The van der Waals surface area contributed by atoms with E-state index in [9.17, 15) is 14.4 Å². The van der Waals surface area contributed by atoms with Crippen LogP contribution in [0.3, 0.4) is 0 Å². The highest BCUT2D eigenvalue weighted by atomic mass is 16.2. The minimum atomic E-state index is -0.501. The van der Waals surface area contributed by atoms with Gasteiger partial charge in [0.05, 0.1) is 0 Å². The third-order valence-corrected chi connectivity index (χ3v) is 4.10. The molecule has 23 heavy (non-hydrogen) atoms. The summed E-state index contributed by atoms with van der Waals surface area (Å²) in [6.45, 7) is 2.38. The number of amides is 3. The predicted molar refractivity (Wildman–Crippen MR) is 88.1 cm³/mol. The summed E-state index contributed by atoms with van der Waals surface area (Å²) in [6, 6.07) is 6.16. The second-order valence-corrected chi connectivity index (χ2v) is 5.72. The van der Waals surface area contributed by atoms with Gasteiger partial charge in [-0.1, -0.05) is 6.42 Å². The van der Waals surface area contributed by atoms with Gasteiger partial charge < -0.3 is 15.5 Å². The third-order valence-electron chi connectivity index (χ3n) is 4.10. The Morgan fingerprint density at radius 3 is 2.48 bits per heavy atom. The fourth-order valence-electron chi connectivity index (χ4n) is 2.65. The molecule has 1 heterocycles. The van der Waals surface area contributed by atoms with Crippen molar-refractivity contribution in [1.82, 2.24) is 10.2 Å². The SMILES string of the molecule is CNC(=O)c1ccc(NC(=O)[C@H](C)N2CCCCCC2=O)cc1. The maximum Gasteiger partial charge on any atom is 0.251 e. The molecule has 0 aliphatic carbocycles. The molecule has 3 amide bonds. The first-order valence-electron chi connectivity index (χ1n) is 7.95. The van der Waals surface area contributed by atoms with Crippen LogP contribution in [-0.4, -0.2) is 42.3 Å². The Hall–Kier alpha value is -2.37. The van der Waals surface area contributed by atoms with E-state index in [2.05, 4.69) is 10.6 Å². The predicted octanol–water partition coefficient (Wildman–Crippen LogP) is 1.78. The molecular formula is C17H23N3O3. The van der Waals surface area contributed by atoms with E-state index in [0.29, 0.717) is 24.2 Å². The van der Waals surface area contributed by atoms with Crippen molar-refractivity contribution >= 4 is 23.4 Å². The van der Waals surface area contributed by atoms with Gasteiger partial charge in [-0.3, -0.25) is 14.4 Å². The van der Waals surface area contributed by atoms with Crippen LogP contribution >= 0.6 is 0 Å². The smallest absolute Gasteiger partial charge is 0.251 e. The number of likely N-dealkylation sites (tertiary alicyclic amines) is 1. The van der Waals surface area contributed by atoms with Gasteiger partial charge in [0.15, 0.2) is 0 Å². The quantitative estimate of drug-likeness (QED) is 0.888. The number of hydrogen-bond donors (Lipinski definition) is 2. The molecule has 2 N–H and O–H groups in total. The lowest BCUT2D eigenvalue weighted by atomic mass is 10.2. The minimum absolute atomic E-state index is 0.0418. The summed E-state index contributed by atoms with van der Waals surface area (Å²) in [5, 5.41) is 5.34. The molecule has 6 nitrogen and oxygen atoms in total. The van der Waals surface area contributed by atoms with Gasteiger partial charge in [-0.05, 0) is 44.0 Å². The van der Waals surface area contributed by atoms with E-state index in [-0.39, 0.29) is 17.7 Å². The minimum Gasteiger partial charge on any atom is -0.355 e. The van der Waals surface area contributed by atoms with Crippen molar-refractivity contribution in [3.63, 3.8) is 0 Å². The summed E-state index contributed by atoms with van der Waals surface area (Å²) >= 11 is 0. The molecule has 1 atom stereocenters. The van der Waals surface area contributed by atoms with E-state index in [1.807, 2.05) is 0 Å². The average molecular weight is 317 g/mol. The second-order valence-electron chi connectivity index (χ2n) is 5.72. The zero-order valence-electron chi connectivity index (χ0n) is 13.6. The summed E-state index contributed by atoms with van der Waals surface area (Å²) in [4.78, 5) is 37.6. The Morgan fingerprint density at radius 1 is 1.13 bits per heavy atom. The molecular weight excluding hydrogens is 294 g/mol. The Bertz CT molecular complexity index is 583. The van der Waals surface area contributed by atoms with Crippen LogP contribution in [0.5, 0.6) is 0 Å². The number of benzene rings is 1. The van der Waals surface area contributed by atoms with Gasteiger partial charge >= 0.3 is 0 Å². The van der Waals surface area contributed by atoms with Crippen molar-refractivity contribution in [3.8, 4) is 0 Å². The molecule has 2 rings (SSSR count). The highest BCUT2D eigenvalue weighted by molar-refractivity contribution is 5.98. The average Bonchev–Trinajstić information content (AvgIpc) is 2.78. The van der Waals surface area contributed by atoms with Gasteiger partial charge in [0, 0.05) is 31.3 Å². The molecule has 1 aliphatic rings. The molecule has 0 bridgehead atoms. The summed E-state index contributed by atoms with van der Waals surface area (Å²) in [5.74, 6) is -0.348. The highest BCUT2D eigenvalue weighted by Crippen LogP contribution is 2.16. The molecule has 1 fully saturated rings. The van der Waals surface area contributed by atoms with Crippen molar-refractivity contribution in [2.24, 2.45) is 0 Å². The van der Waals surface area contributed by atoms with E-state index < -0.39 is 6.04 Å². The van der Waals surface area contributed by atoms with Gasteiger partial charge in [-0.2, -0.15) is 0 Å². The van der Waals surface area contributed by atoms with E-state index in [4.69, 9.17) is 0 Å². The van der Waals surface area contributed by atoms with Crippen molar-refractivity contribution in [2.75, 3.05) is 18.9 Å². The maximum atomic E-state index is 12.4. The lowest BCUT2D eigenvalue weighted by molar-refractivity contribution is -0.137. The first-order valence-corrected chi connectivity index (χ1v) is 7.95. The van der Waals surface area contributed by atoms with E-state index in [0.717, 1.165) is 19.3 Å². The molecule has 1 aliphatic heterocycles. The molecule has 0 aromatic heterocycles. The van der Waals surface area contributed by atoms with Gasteiger partial charge in [-0.15, -0.1) is 0 Å². The fourth-order valence-corrected chi connectivity index (χ4v) is 2.65. The molecule has 0 spiro atoms. The van der Waals surface area contributed by atoms with Crippen LogP contribution in [0.15, 0.2) is 24.3 Å². The van der Waals surface area contributed by atoms with E-state index in [1.165, 1.54) is 0 Å². The molecule has 0 unspecified atom stereocenters. The standard InChI is InChI=1S/C17H23N3O3/c1-12(20-11-5-3-4-6-15(20)21)16(22)19-14-9-7-13(8-10-14)17(23)18-2/h7-10,12H,3-6,11H2,1-2H3,(H,18,23)(H,19,22)/t12-/m0/s1. The van der Waals surface area contributed by atoms with Crippen molar-refractivity contribution in [3.05, 3.63) is 29.8 Å². The van der Waals surface area contributed by atoms with Gasteiger partial charge in [0.1, 0.15) is 6.04 Å². The van der Waals surface area contributed by atoms with Crippen LogP contribution in [0, 0.1) is 0 Å². The summed E-state index contributed by atoms with van der Waals surface area (Å²) in [5.41, 5.74) is 1.14. The third kappa shape index (κ3) is 4.31. The van der Waals surface area contributed by atoms with Crippen molar-refractivity contribution in [1.29, 1.82) is 0 Å². The van der Waals surface area contributed by atoms with Gasteiger partial charge in [0.2, 0.25) is 11.8 Å². The molecule has 1 saturated heterocycles. The van der Waals surface area contributed by atoms with Crippen LogP contribution in [0.1, 0.15) is 43.0 Å². The van der Waals surface area contributed by atoms with Crippen molar-refractivity contribution in [2.45, 2.75) is 38.6 Å². The Morgan fingerprint density at radius 2 is 1.83 bits per heavy atom. The first kappa shape index (κ1) is 17.0. The highest BCUT2D eigenvalue weighted by Gasteiger charge is 2.26. The summed E-state index contributed by atoms with van der Waals surface area (Å²) in [6.07, 6.45) is 3.37. The largest absolute Gasteiger partial charge is 0.355 e. The number of carbonyl (C=O) groups is 3. The second kappa shape index (κ2) is 7.76. The lowest BCUT2D eigenvalue weighted by Gasteiger charge is -2.27. The topological polar surface area (TPSA) is 78.5 Å². The fraction of sp³-hybridized carbons (Fsp3) is 0.471. The normalized spacial score (nSPS) is 16.4. The molecule has 0 saturated carbocycles. The summed E-state index contributed by atoms with van der Waals surface area (Å²) in [7, 11) is 1.57. The van der Waals surface area contributed by atoms with Crippen LogP contribution in [0.2, 0.25) is 0 Å². The van der Waals surface area contributed by atoms with Gasteiger partial charge in [-0.25, -0.2) is 0 Å². The molecule has 6 heteroatoms. The van der Waals surface area contributed by atoms with Crippen LogP contribution in [-0.2, 0) is 9.59 Å². The van der Waals surface area contributed by atoms with E-state index in [1.54, 1.807) is 43.1 Å². The molecule has 1 aromatic rings. The van der Waals surface area contributed by atoms with Crippen LogP contribution in [0.4, 0.5) is 5.69 Å². The maximum absolute atomic E-state index is 12.4. The Labute approximate surface area is 136 Å². The first-order chi connectivity index (χ1) is 11.0. The number of anilines is 1. The zero-order chi connectivity index (χ0) is 16.8. The van der Waals surface area contributed by atoms with E-state index >= 15 is 0 Å². The van der Waals surface area contributed by atoms with Crippen molar-refractivity contribution < 1.29 is 14.4 Å². The monoisotopic (exact) mass is 317 g/mol. The molecule has 0 radical (unpaired) electrons. The summed E-state index contributed by atoms with van der Waals surface area (Å²) < 4.78 is 0. The number of nitrogens with one attached hydrogen (secondary N) is 2. The number of hydrogen-bond acceptors (Lipinski definition) is 3. The molecule has 1 aromatic carbocycles. The number of nitrogens with zero attached hydrogens (tertiary/aromatic N) is 1. The lowest BCUT2D eigenvalue weighted by Crippen LogP contribution is -2.45. The van der Waals surface area contributed by atoms with Crippen LogP contribution < -0.4 is 10.6 Å². The van der Waals surface area contributed by atoms with Gasteiger partial charge in [0.25, 0.3) is 5.91 Å². The van der Waals surface area contributed by atoms with Crippen LogP contribution in [0.25, 0.3) is 0 Å². The zero-order valence-corrected chi connectivity index (χ0v) is 13.6.